The molecule has 0 spiro atoms. The molecule has 7 heavy (non-hydrogen) atoms. The van der Waals surface area contributed by atoms with Crippen molar-refractivity contribution in [2.75, 3.05) is 6.54 Å². The molecule has 1 heterocycles. The Morgan fingerprint density at radius 3 is 2.57 bits per heavy atom. The van der Waals surface area contributed by atoms with Crippen LogP contribution in [0.3, 0.4) is 0 Å². The van der Waals surface area contributed by atoms with Crippen LogP contribution in [0, 0.1) is 6.54 Å². The number of rotatable bonds is 2. The Morgan fingerprint density at radius 1 is 1.86 bits per heavy atom. The monoisotopic (exact) mass is 98.1 g/mol. The average molecular weight is 98.2 g/mol. The molecule has 0 aliphatic carbocycles. The van der Waals surface area contributed by atoms with Crippen molar-refractivity contribution < 1.29 is 0 Å². The van der Waals surface area contributed by atoms with Gasteiger partial charge in [0.15, 0.2) is 0 Å². The molecule has 1 aliphatic heterocycles. The largest absolute Gasteiger partial charge is 0.477 e. The van der Waals surface area contributed by atoms with Crippen molar-refractivity contribution in [3.63, 3.8) is 0 Å². The maximum atomic E-state index is 2.35. The van der Waals surface area contributed by atoms with E-state index in [1.54, 1.807) is 0 Å². The van der Waals surface area contributed by atoms with Crippen LogP contribution < -0.4 is 0 Å². The maximum absolute atomic E-state index is 2.35. The van der Waals surface area contributed by atoms with E-state index in [1.807, 2.05) is 0 Å². The highest BCUT2D eigenvalue weighted by molar-refractivity contribution is 4.90. The van der Waals surface area contributed by atoms with E-state index in [2.05, 4.69) is 25.3 Å². The predicted molar refractivity (Wildman–Crippen MR) is 30.8 cm³/mol. The van der Waals surface area contributed by atoms with Crippen LogP contribution in [0.15, 0.2) is 0 Å². The van der Waals surface area contributed by atoms with Gasteiger partial charge in [0.2, 0.25) is 0 Å². The van der Waals surface area contributed by atoms with Crippen molar-refractivity contribution in [1.82, 2.24) is 4.90 Å². The Hall–Kier alpha value is -0.0400. The normalized spacial score (nSPS) is 32.6. The Bertz CT molecular complexity index is 57.2. The standard InChI is InChI=1S/C6H12N/c1-3-6(2)7-4-5-7/h4,6H,3,5H2,1-2H3/q-1. The van der Waals surface area contributed by atoms with Crippen LogP contribution in [0.2, 0.25) is 0 Å². The average Bonchev–Trinajstić information content (AvgIpc) is 2.44. The zero-order valence-corrected chi connectivity index (χ0v) is 5.02. The summed E-state index contributed by atoms with van der Waals surface area (Å²) in [6.45, 7) is 7.92. The van der Waals surface area contributed by atoms with Crippen molar-refractivity contribution in [1.29, 1.82) is 0 Å². The summed E-state index contributed by atoms with van der Waals surface area (Å²) in [5.41, 5.74) is 0. The summed E-state index contributed by atoms with van der Waals surface area (Å²) in [4.78, 5) is 2.35. The number of hydrogen-bond acceptors (Lipinski definition) is 1. The highest BCUT2D eigenvalue weighted by atomic mass is 15.3. The van der Waals surface area contributed by atoms with Crippen LogP contribution in [-0.4, -0.2) is 17.5 Å². The zero-order chi connectivity index (χ0) is 5.28. The predicted octanol–water partition coefficient (Wildman–Crippen LogP) is 1.26. The lowest BCUT2D eigenvalue weighted by molar-refractivity contribution is 0.432. The molecule has 0 saturated carbocycles. The van der Waals surface area contributed by atoms with Gasteiger partial charge in [0.1, 0.15) is 0 Å². The van der Waals surface area contributed by atoms with Crippen molar-refractivity contribution in [2.24, 2.45) is 0 Å². The van der Waals surface area contributed by atoms with Crippen molar-refractivity contribution in [3.8, 4) is 0 Å². The lowest BCUT2D eigenvalue weighted by atomic mass is 10.3. The van der Waals surface area contributed by atoms with Gasteiger partial charge >= 0.3 is 0 Å². The Balaban J connectivity index is 2.10. The molecule has 42 valence electrons. The first-order valence-electron chi connectivity index (χ1n) is 2.93. The molecule has 0 aromatic rings. The van der Waals surface area contributed by atoms with Crippen LogP contribution in [0.5, 0.6) is 0 Å². The van der Waals surface area contributed by atoms with E-state index in [1.165, 1.54) is 13.0 Å². The summed E-state index contributed by atoms with van der Waals surface area (Å²) in [5, 5.41) is 0. The van der Waals surface area contributed by atoms with Gasteiger partial charge in [0.05, 0.1) is 0 Å². The Kier molecular flexibility index (Phi) is 1.33. The molecule has 1 aliphatic rings. The van der Waals surface area contributed by atoms with Crippen LogP contribution >= 0.6 is 0 Å². The minimum Gasteiger partial charge on any atom is -0.477 e. The molecule has 0 amide bonds. The minimum atomic E-state index is 0.792. The second kappa shape index (κ2) is 1.83. The van der Waals surface area contributed by atoms with E-state index in [9.17, 15) is 0 Å². The van der Waals surface area contributed by atoms with Crippen molar-refractivity contribution in [2.45, 2.75) is 26.3 Å². The van der Waals surface area contributed by atoms with Gasteiger partial charge in [-0.3, -0.25) is 6.54 Å². The first-order chi connectivity index (χ1) is 3.34. The Morgan fingerprint density at radius 2 is 2.43 bits per heavy atom. The van der Waals surface area contributed by atoms with E-state index in [0.29, 0.717) is 0 Å². The molecule has 2 unspecified atom stereocenters. The molecule has 0 aromatic heterocycles. The lowest BCUT2D eigenvalue weighted by Gasteiger charge is -2.14. The summed E-state index contributed by atoms with van der Waals surface area (Å²) < 4.78 is 0. The maximum Gasteiger partial charge on any atom is -0.0232 e. The molecular weight excluding hydrogens is 86.1 g/mol. The first-order valence-corrected chi connectivity index (χ1v) is 2.93. The molecule has 1 nitrogen and oxygen atoms in total. The van der Waals surface area contributed by atoms with Crippen LogP contribution in [0.25, 0.3) is 0 Å². The summed E-state index contributed by atoms with van der Waals surface area (Å²) in [6, 6.07) is 0.792. The number of nitrogens with zero attached hydrogens (tertiary/aromatic N) is 1. The van der Waals surface area contributed by atoms with Crippen LogP contribution in [0.4, 0.5) is 0 Å². The van der Waals surface area contributed by atoms with Gasteiger partial charge in [-0.1, -0.05) is 13.8 Å². The fraction of sp³-hybridized carbons (Fsp3) is 0.833. The molecule has 1 rings (SSSR count). The van der Waals surface area contributed by atoms with Gasteiger partial charge in [-0.15, -0.1) is 6.54 Å². The van der Waals surface area contributed by atoms with Crippen LogP contribution in [0.1, 0.15) is 20.3 Å². The van der Waals surface area contributed by atoms with Crippen molar-refractivity contribution >= 4 is 0 Å². The zero-order valence-electron chi connectivity index (χ0n) is 5.02. The van der Waals surface area contributed by atoms with Gasteiger partial charge in [-0.25, -0.2) is 0 Å². The summed E-state index contributed by atoms with van der Waals surface area (Å²) in [6.07, 6.45) is 1.27. The van der Waals surface area contributed by atoms with Gasteiger partial charge in [0, 0.05) is 0 Å². The summed E-state index contributed by atoms with van der Waals surface area (Å²) >= 11 is 0. The fourth-order valence-electron chi connectivity index (χ4n) is 0.642. The smallest absolute Gasteiger partial charge is 0.0232 e. The number of hydrogen-bond donors (Lipinski definition) is 0. The molecule has 0 aromatic carbocycles. The second-order valence-electron chi connectivity index (χ2n) is 2.14. The summed E-state index contributed by atoms with van der Waals surface area (Å²) in [7, 11) is 0. The van der Waals surface area contributed by atoms with E-state index >= 15 is 0 Å². The quantitative estimate of drug-likeness (QED) is 0.371. The van der Waals surface area contributed by atoms with Gasteiger partial charge < -0.3 is 4.90 Å². The topological polar surface area (TPSA) is 3.01 Å². The van der Waals surface area contributed by atoms with E-state index in [4.69, 9.17) is 0 Å². The molecule has 1 heteroatoms. The molecule has 2 atom stereocenters. The Labute approximate surface area is 45.3 Å². The molecule has 0 bridgehead atoms. The van der Waals surface area contributed by atoms with E-state index in [0.717, 1.165) is 6.04 Å². The third-order valence-corrected chi connectivity index (χ3v) is 1.55. The van der Waals surface area contributed by atoms with E-state index in [-0.39, 0.29) is 0 Å². The van der Waals surface area contributed by atoms with Gasteiger partial charge in [-0.05, 0) is 12.5 Å². The lowest BCUT2D eigenvalue weighted by Crippen LogP contribution is -2.10. The van der Waals surface area contributed by atoms with Gasteiger partial charge in [-0.2, -0.15) is 0 Å². The summed E-state index contributed by atoms with van der Waals surface area (Å²) in [5.74, 6) is 0. The molecule has 1 saturated heterocycles. The first kappa shape index (κ1) is 5.10. The molecular formula is C6H12N-. The highest BCUT2D eigenvalue weighted by Gasteiger charge is 2.08. The third kappa shape index (κ3) is 1.16. The molecule has 0 N–H and O–H groups in total. The van der Waals surface area contributed by atoms with Crippen LogP contribution in [-0.2, 0) is 0 Å². The van der Waals surface area contributed by atoms with Gasteiger partial charge in [0.25, 0.3) is 0 Å². The minimum absolute atomic E-state index is 0.792. The molecule has 1 fully saturated rings. The van der Waals surface area contributed by atoms with E-state index < -0.39 is 0 Å². The highest BCUT2D eigenvalue weighted by Crippen LogP contribution is 2.16. The SMILES string of the molecule is CCC(C)N1[CH-]C1. The fourth-order valence-corrected chi connectivity index (χ4v) is 0.642. The second-order valence-corrected chi connectivity index (χ2v) is 2.14. The third-order valence-electron chi connectivity index (χ3n) is 1.55. The molecule has 0 radical (unpaired) electrons. The van der Waals surface area contributed by atoms with Crippen molar-refractivity contribution in [3.05, 3.63) is 6.54 Å².